The number of amides is 1. The molecule has 0 bridgehead atoms. The minimum absolute atomic E-state index is 0.0501. The predicted molar refractivity (Wildman–Crippen MR) is 93.3 cm³/mol. The molecule has 1 amide bonds. The Balaban J connectivity index is 1.86. The molecule has 0 atom stereocenters. The van der Waals surface area contributed by atoms with Crippen molar-refractivity contribution in [3.05, 3.63) is 35.8 Å². The number of fused-ring (bicyclic) bond motifs is 1. The molecule has 3 rings (SSSR count). The van der Waals surface area contributed by atoms with E-state index in [2.05, 4.69) is 25.9 Å². The summed E-state index contributed by atoms with van der Waals surface area (Å²) in [7, 11) is 0. The molecule has 0 unspecified atom stereocenters. The number of carbonyl (C=O) groups is 1. The van der Waals surface area contributed by atoms with E-state index < -0.39 is 0 Å². The van der Waals surface area contributed by atoms with Crippen LogP contribution < -0.4 is 10.2 Å². The number of nitrogens with one attached hydrogen (secondary N) is 2. The second kappa shape index (κ2) is 7.13. The van der Waals surface area contributed by atoms with Gasteiger partial charge in [-0.1, -0.05) is 19.9 Å². The molecule has 0 saturated heterocycles. The van der Waals surface area contributed by atoms with Gasteiger partial charge in [0.05, 0.1) is 0 Å². The first-order valence-electron chi connectivity index (χ1n) is 8.15. The number of aryl methyl sites for hydroxylation is 1. The van der Waals surface area contributed by atoms with Gasteiger partial charge in [0, 0.05) is 30.0 Å². The van der Waals surface area contributed by atoms with Gasteiger partial charge < -0.3 is 10.2 Å². The summed E-state index contributed by atoms with van der Waals surface area (Å²) in [5, 5.41) is 25.6. The number of rotatable bonds is 4. The average Bonchev–Trinajstić information content (AvgIpc) is 3.15. The number of nitriles is 1. The summed E-state index contributed by atoms with van der Waals surface area (Å²) in [5.74, 6) is 0.300. The van der Waals surface area contributed by atoms with Crippen LogP contribution in [0.25, 0.3) is 5.57 Å². The van der Waals surface area contributed by atoms with Crippen molar-refractivity contribution in [3.63, 3.8) is 0 Å². The van der Waals surface area contributed by atoms with Crippen LogP contribution in [-0.2, 0) is 11.2 Å². The Bertz CT molecular complexity index is 833. The third-order valence-corrected chi connectivity index (χ3v) is 4.05. The summed E-state index contributed by atoms with van der Waals surface area (Å²) in [5.41, 5.74) is 3.15. The number of anilines is 2. The van der Waals surface area contributed by atoms with Gasteiger partial charge in [0.1, 0.15) is 11.6 Å². The molecule has 0 saturated carbocycles. The number of aromatic nitrogens is 4. The van der Waals surface area contributed by atoms with E-state index in [9.17, 15) is 10.1 Å². The first kappa shape index (κ1) is 16.6. The highest BCUT2D eigenvalue weighted by atomic mass is 16.2. The number of tetrazole rings is 1. The zero-order chi connectivity index (χ0) is 17.8. The van der Waals surface area contributed by atoms with Gasteiger partial charge in [0.15, 0.2) is 0 Å². The standard InChI is InChI=1S/C17H19N7O/c1-11(2)17(25)24-7-3-4-12-5-6-14(8-15(12)24)19-10-13(9-18)16-20-22-23-21-16/h5-6,8,10-11,19H,3-4,7H2,1-2H3,(H,20,21,22,23). The Morgan fingerprint density at radius 1 is 1.48 bits per heavy atom. The van der Waals surface area contributed by atoms with Crippen molar-refractivity contribution in [1.29, 1.82) is 5.26 Å². The predicted octanol–water partition coefficient (Wildman–Crippen LogP) is 2.11. The van der Waals surface area contributed by atoms with Crippen LogP contribution in [0.15, 0.2) is 24.4 Å². The van der Waals surface area contributed by atoms with Crippen LogP contribution in [0.3, 0.4) is 0 Å². The van der Waals surface area contributed by atoms with Gasteiger partial charge in [-0.25, -0.2) is 0 Å². The van der Waals surface area contributed by atoms with Crippen LogP contribution in [0.1, 0.15) is 31.7 Å². The second-order valence-electron chi connectivity index (χ2n) is 6.14. The van der Waals surface area contributed by atoms with E-state index in [-0.39, 0.29) is 23.2 Å². The van der Waals surface area contributed by atoms with E-state index in [1.165, 1.54) is 6.20 Å². The van der Waals surface area contributed by atoms with Crippen LogP contribution in [0.5, 0.6) is 0 Å². The summed E-state index contributed by atoms with van der Waals surface area (Å²) in [6, 6.07) is 7.92. The fourth-order valence-electron chi connectivity index (χ4n) is 2.78. The van der Waals surface area contributed by atoms with Crippen molar-refractivity contribution in [2.24, 2.45) is 5.92 Å². The van der Waals surface area contributed by atoms with Gasteiger partial charge in [0.25, 0.3) is 0 Å². The molecule has 2 N–H and O–H groups in total. The smallest absolute Gasteiger partial charge is 0.229 e. The molecule has 8 heteroatoms. The maximum atomic E-state index is 12.5. The molecular weight excluding hydrogens is 318 g/mol. The molecule has 0 aliphatic carbocycles. The first-order chi connectivity index (χ1) is 12.1. The van der Waals surface area contributed by atoms with E-state index in [0.29, 0.717) is 0 Å². The summed E-state index contributed by atoms with van der Waals surface area (Å²) in [6.45, 7) is 4.55. The topological polar surface area (TPSA) is 111 Å². The average molecular weight is 337 g/mol. The van der Waals surface area contributed by atoms with Crippen molar-refractivity contribution in [2.75, 3.05) is 16.8 Å². The number of benzene rings is 1. The highest BCUT2D eigenvalue weighted by Crippen LogP contribution is 2.31. The number of hydrogen-bond donors (Lipinski definition) is 2. The number of hydrogen-bond acceptors (Lipinski definition) is 6. The Morgan fingerprint density at radius 3 is 3.00 bits per heavy atom. The Morgan fingerprint density at radius 2 is 2.32 bits per heavy atom. The number of carbonyl (C=O) groups excluding carboxylic acids is 1. The zero-order valence-corrected chi connectivity index (χ0v) is 14.2. The fourth-order valence-corrected chi connectivity index (χ4v) is 2.78. The third kappa shape index (κ3) is 3.50. The van der Waals surface area contributed by atoms with E-state index in [1.807, 2.05) is 43.0 Å². The monoisotopic (exact) mass is 337 g/mol. The molecule has 25 heavy (non-hydrogen) atoms. The Labute approximate surface area is 145 Å². The van der Waals surface area contributed by atoms with Crippen molar-refractivity contribution in [2.45, 2.75) is 26.7 Å². The van der Waals surface area contributed by atoms with Crippen molar-refractivity contribution < 1.29 is 4.79 Å². The maximum Gasteiger partial charge on any atom is 0.229 e. The molecule has 1 aromatic heterocycles. The van der Waals surface area contributed by atoms with Gasteiger partial charge in [-0.05, 0) is 35.8 Å². The quantitative estimate of drug-likeness (QED) is 0.827. The molecule has 8 nitrogen and oxygen atoms in total. The molecular formula is C17H19N7O. The largest absolute Gasteiger partial charge is 0.360 e. The molecule has 2 heterocycles. The van der Waals surface area contributed by atoms with Crippen LogP contribution in [-0.4, -0.2) is 33.1 Å². The van der Waals surface area contributed by atoms with Crippen LogP contribution in [0.2, 0.25) is 0 Å². The number of allylic oxidation sites excluding steroid dienone is 1. The number of H-pyrrole nitrogens is 1. The van der Waals surface area contributed by atoms with E-state index in [0.717, 1.165) is 36.3 Å². The van der Waals surface area contributed by atoms with Crippen molar-refractivity contribution >= 4 is 22.9 Å². The molecule has 0 radical (unpaired) electrons. The summed E-state index contributed by atoms with van der Waals surface area (Å²) < 4.78 is 0. The van der Waals surface area contributed by atoms with Gasteiger partial charge >= 0.3 is 0 Å². The minimum Gasteiger partial charge on any atom is -0.360 e. The number of nitrogens with zero attached hydrogens (tertiary/aromatic N) is 5. The van der Waals surface area contributed by atoms with E-state index >= 15 is 0 Å². The summed E-state index contributed by atoms with van der Waals surface area (Å²) >= 11 is 0. The van der Waals surface area contributed by atoms with Crippen LogP contribution >= 0.6 is 0 Å². The lowest BCUT2D eigenvalue weighted by molar-refractivity contribution is -0.121. The van der Waals surface area contributed by atoms with Crippen molar-refractivity contribution in [3.8, 4) is 6.07 Å². The van der Waals surface area contributed by atoms with E-state index in [4.69, 9.17) is 0 Å². The zero-order valence-electron chi connectivity index (χ0n) is 14.2. The molecule has 0 spiro atoms. The normalized spacial score (nSPS) is 14.2. The van der Waals surface area contributed by atoms with Crippen molar-refractivity contribution in [1.82, 2.24) is 20.6 Å². The van der Waals surface area contributed by atoms with Gasteiger partial charge in [-0.15, -0.1) is 10.2 Å². The number of aromatic amines is 1. The minimum atomic E-state index is -0.0501. The maximum absolute atomic E-state index is 12.5. The van der Waals surface area contributed by atoms with Crippen LogP contribution in [0, 0.1) is 17.2 Å². The Kier molecular flexibility index (Phi) is 4.75. The molecule has 1 aliphatic rings. The van der Waals surface area contributed by atoms with Gasteiger partial charge in [0.2, 0.25) is 11.7 Å². The SMILES string of the molecule is CC(C)C(=O)N1CCCc2ccc(NC=C(C#N)c3nn[nH]n3)cc21. The lowest BCUT2D eigenvalue weighted by atomic mass is 9.99. The summed E-state index contributed by atoms with van der Waals surface area (Å²) in [6.07, 6.45) is 3.46. The lowest BCUT2D eigenvalue weighted by Crippen LogP contribution is -2.38. The highest BCUT2D eigenvalue weighted by Gasteiger charge is 2.24. The molecule has 0 fully saturated rings. The Hall–Kier alpha value is -3.21. The van der Waals surface area contributed by atoms with Crippen LogP contribution in [0.4, 0.5) is 11.4 Å². The molecule has 2 aromatic rings. The van der Waals surface area contributed by atoms with Gasteiger partial charge in [-0.2, -0.15) is 10.5 Å². The summed E-state index contributed by atoms with van der Waals surface area (Å²) in [4.78, 5) is 14.3. The van der Waals surface area contributed by atoms with Gasteiger partial charge in [-0.3, -0.25) is 4.79 Å². The second-order valence-corrected chi connectivity index (χ2v) is 6.14. The first-order valence-corrected chi connectivity index (χ1v) is 8.15. The molecule has 1 aromatic carbocycles. The lowest BCUT2D eigenvalue weighted by Gasteiger charge is -2.31. The molecule has 128 valence electrons. The van der Waals surface area contributed by atoms with E-state index in [1.54, 1.807) is 0 Å². The fraction of sp³-hybridized carbons (Fsp3) is 0.353. The highest BCUT2D eigenvalue weighted by molar-refractivity contribution is 5.96. The molecule has 1 aliphatic heterocycles. The third-order valence-electron chi connectivity index (χ3n) is 4.05.